The van der Waals surface area contributed by atoms with Crippen molar-refractivity contribution in [2.24, 2.45) is 0 Å². The summed E-state index contributed by atoms with van der Waals surface area (Å²) < 4.78 is 11.7. The number of anilines is 1. The van der Waals surface area contributed by atoms with Crippen LogP contribution in [0.1, 0.15) is 47.1 Å². The average molecular weight is 429 g/mol. The van der Waals surface area contributed by atoms with E-state index < -0.39 is 23.4 Å². The summed E-state index contributed by atoms with van der Waals surface area (Å²) in [7, 11) is 0. The average Bonchev–Trinajstić information content (AvgIpc) is 2.59. The van der Waals surface area contributed by atoms with E-state index in [2.05, 4.69) is 0 Å². The maximum absolute atomic E-state index is 13.1. The fraction of sp³-hybridized carbons (Fsp3) is 0.391. The van der Waals surface area contributed by atoms with E-state index in [0.717, 1.165) is 9.63 Å². The number of carbonyl (C=O) groups excluding carboxylic acids is 3. The molecule has 0 aliphatic rings. The van der Waals surface area contributed by atoms with Gasteiger partial charge in [0.05, 0.1) is 5.56 Å². The Kier molecular flexibility index (Phi) is 7.05. The molecule has 2 aromatic rings. The fourth-order valence-corrected chi connectivity index (χ4v) is 2.76. The molecule has 0 atom stereocenters. The van der Waals surface area contributed by atoms with Crippen molar-refractivity contribution in [2.45, 2.75) is 59.2 Å². The summed E-state index contributed by atoms with van der Waals surface area (Å²) in [5.41, 5.74) is -0.665. The number of pyridine rings is 1. The maximum atomic E-state index is 13.1. The molecule has 0 aliphatic carbocycles. The standard InChI is InChI=1S/C23H29N2O6/c1-22(2,3)30-20(27)25(21(28)31-23(4,5)6)18-14-16(12-13-26)15-24(29)19(18)17-10-8-7-9-11-17/h7-11,13-15,29H,12H2,1-6H3/q+1. The zero-order valence-electron chi connectivity index (χ0n) is 18.7. The molecule has 0 saturated carbocycles. The molecule has 0 bridgehead atoms. The molecule has 2 amide bonds. The molecule has 0 fully saturated rings. The number of aldehydes is 1. The van der Waals surface area contributed by atoms with E-state index in [1.54, 1.807) is 71.9 Å². The lowest BCUT2D eigenvalue weighted by Crippen LogP contribution is -2.46. The van der Waals surface area contributed by atoms with E-state index in [-0.39, 0.29) is 17.8 Å². The predicted molar refractivity (Wildman–Crippen MR) is 114 cm³/mol. The number of benzene rings is 1. The molecule has 1 aromatic carbocycles. The van der Waals surface area contributed by atoms with E-state index in [9.17, 15) is 19.6 Å². The topological polar surface area (TPSA) is 97.0 Å². The number of imide groups is 1. The Labute approximate surface area is 182 Å². The van der Waals surface area contributed by atoms with E-state index in [0.29, 0.717) is 17.4 Å². The van der Waals surface area contributed by atoms with Gasteiger partial charge in [-0.05, 0) is 59.7 Å². The summed E-state index contributed by atoms with van der Waals surface area (Å²) in [4.78, 5) is 38.0. The summed E-state index contributed by atoms with van der Waals surface area (Å²) in [6.45, 7) is 10.0. The minimum atomic E-state index is -0.970. The second-order valence-electron chi connectivity index (χ2n) is 8.96. The van der Waals surface area contributed by atoms with Crippen LogP contribution in [0.4, 0.5) is 15.3 Å². The van der Waals surface area contributed by atoms with E-state index in [1.807, 2.05) is 0 Å². The van der Waals surface area contributed by atoms with E-state index in [4.69, 9.17) is 9.47 Å². The largest absolute Gasteiger partial charge is 0.443 e. The third kappa shape index (κ3) is 6.53. The third-order valence-electron chi connectivity index (χ3n) is 3.84. The van der Waals surface area contributed by atoms with Crippen molar-refractivity contribution in [3.05, 3.63) is 48.2 Å². The first-order chi connectivity index (χ1) is 14.3. The van der Waals surface area contributed by atoms with Crippen molar-refractivity contribution in [1.82, 2.24) is 0 Å². The van der Waals surface area contributed by atoms with Gasteiger partial charge in [0.15, 0.2) is 0 Å². The number of aromatic nitrogens is 1. The second-order valence-corrected chi connectivity index (χ2v) is 8.96. The van der Waals surface area contributed by atoms with Gasteiger partial charge in [-0.2, -0.15) is 4.90 Å². The van der Waals surface area contributed by atoms with Gasteiger partial charge in [0, 0.05) is 16.7 Å². The Morgan fingerprint density at radius 3 is 1.97 bits per heavy atom. The molecule has 1 N–H and O–H groups in total. The monoisotopic (exact) mass is 429 g/mol. The molecule has 0 unspecified atom stereocenters. The zero-order chi connectivity index (χ0) is 23.4. The number of amides is 2. The van der Waals surface area contributed by atoms with E-state index >= 15 is 0 Å². The Balaban J connectivity index is 2.76. The molecule has 0 spiro atoms. The van der Waals surface area contributed by atoms with Crippen LogP contribution in [-0.4, -0.2) is 34.9 Å². The first-order valence-electron chi connectivity index (χ1n) is 9.85. The second kappa shape index (κ2) is 9.16. The highest BCUT2D eigenvalue weighted by atomic mass is 16.6. The van der Waals surface area contributed by atoms with Crippen LogP contribution >= 0.6 is 0 Å². The minimum Gasteiger partial charge on any atom is -0.443 e. The molecular formula is C23H29N2O6+. The van der Waals surface area contributed by atoms with Crippen molar-refractivity contribution in [1.29, 1.82) is 0 Å². The molecule has 2 rings (SSSR count). The molecule has 31 heavy (non-hydrogen) atoms. The van der Waals surface area contributed by atoms with Crippen molar-refractivity contribution >= 4 is 24.2 Å². The first-order valence-corrected chi connectivity index (χ1v) is 9.85. The molecule has 0 radical (unpaired) electrons. The van der Waals surface area contributed by atoms with Gasteiger partial charge >= 0.3 is 12.2 Å². The zero-order valence-corrected chi connectivity index (χ0v) is 18.7. The number of nitrogens with zero attached hydrogens (tertiary/aromatic N) is 2. The number of hydrogen-bond acceptors (Lipinski definition) is 6. The number of ether oxygens (including phenoxy) is 2. The van der Waals surface area contributed by atoms with Crippen molar-refractivity contribution < 1.29 is 33.8 Å². The highest BCUT2D eigenvalue weighted by Gasteiger charge is 2.38. The van der Waals surface area contributed by atoms with Crippen LogP contribution < -0.4 is 9.63 Å². The smallest absolute Gasteiger partial charge is 0.424 e. The molecule has 0 saturated heterocycles. The van der Waals surface area contributed by atoms with E-state index in [1.165, 1.54) is 12.3 Å². The Bertz CT molecular complexity index is 931. The van der Waals surface area contributed by atoms with Crippen LogP contribution in [0.3, 0.4) is 0 Å². The van der Waals surface area contributed by atoms with Gasteiger partial charge in [-0.25, -0.2) is 9.59 Å². The summed E-state index contributed by atoms with van der Waals surface area (Å²) in [5, 5.41) is 10.7. The summed E-state index contributed by atoms with van der Waals surface area (Å²) in [6, 6.07) is 10.2. The lowest BCUT2D eigenvalue weighted by molar-refractivity contribution is -0.896. The number of carbonyl (C=O) groups is 3. The van der Waals surface area contributed by atoms with Gasteiger partial charge in [-0.15, -0.1) is 0 Å². The Morgan fingerprint density at radius 2 is 1.52 bits per heavy atom. The Morgan fingerprint density at radius 1 is 1.00 bits per heavy atom. The van der Waals surface area contributed by atoms with Crippen LogP contribution in [-0.2, 0) is 20.7 Å². The van der Waals surface area contributed by atoms with Gasteiger partial charge in [0.1, 0.15) is 23.2 Å². The fourth-order valence-electron chi connectivity index (χ4n) is 2.76. The third-order valence-corrected chi connectivity index (χ3v) is 3.84. The minimum absolute atomic E-state index is 0.0246. The van der Waals surface area contributed by atoms with Crippen molar-refractivity contribution in [3.63, 3.8) is 0 Å². The van der Waals surface area contributed by atoms with Crippen LogP contribution in [0.15, 0.2) is 42.6 Å². The van der Waals surface area contributed by atoms with Gasteiger partial charge in [-0.3, -0.25) is 5.21 Å². The highest BCUT2D eigenvalue weighted by molar-refractivity contribution is 6.11. The molecule has 1 aromatic heterocycles. The molecule has 8 nitrogen and oxygen atoms in total. The quantitative estimate of drug-likeness (QED) is 0.442. The Hall–Kier alpha value is -3.42. The van der Waals surface area contributed by atoms with Gasteiger partial charge < -0.3 is 14.3 Å². The van der Waals surface area contributed by atoms with Gasteiger partial charge in [0.25, 0.3) is 5.69 Å². The summed E-state index contributed by atoms with van der Waals surface area (Å²) in [6.07, 6.45) is 0.0401. The van der Waals surface area contributed by atoms with Gasteiger partial charge in [0.2, 0.25) is 6.20 Å². The number of rotatable bonds is 4. The predicted octanol–water partition coefficient (Wildman–Crippen LogP) is 4.30. The van der Waals surface area contributed by atoms with Gasteiger partial charge in [-0.1, -0.05) is 18.2 Å². The van der Waals surface area contributed by atoms with Crippen LogP contribution in [0, 0.1) is 0 Å². The van der Waals surface area contributed by atoms with Crippen molar-refractivity contribution in [3.8, 4) is 11.3 Å². The van der Waals surface area contributed by atoms with Crippen LogP contribution in [0.5, 0.6) is 0 Å². The molecule has 166 valence electrons. The molecule has 1 heterocycles. The van der Waals surface area contributed by atoms with Crippen molar-refractivity contribution in [2.75, 3.05) is 4.90 Å². The lowest BCUT2D eigenvalue weighted by Gasteiger charge is -2.28. The maximum Gasteiger partial charge on any atom is 0.424 e. The van der Waals surface area contributed by atoms with Crippen LogP contribution in [0.2, 0.25) is 0 Å². The van der Waals surface area contributed by atoms with Crippen LogP contribution in [0.25, 0.3) is 11.3 Å². The molecule has 8 heteroatoms. The normalized spacial score (nSPS) is 11.5. The summed E-state index contributed by atoms with van der Waals surface area (Å²) in [5.74, 6) is 0. The number of hydrogen-bond donors (Lipinski definition) is 1. The highest BCUT2D eigenvalue weighted by Crippen LogP contribution is 2.31. The molecule has 0 aliphatic heterocycles. The molecular weight excluding hydrogens is 400 g/mol. The lowest BCUT2D eigenvalue weighted by atomic mass is 10.1. The summed E-state index contributed by atoms with van der Waals surface area (Å²) >= 11 is 0. The SMILES string of the molecule is CC(C)(C)OC(=O)N(C(=O)OC(C)(C)C)c1cc(CC=O)c[n+](O)c1-c1ccccc1. The first kappa shape index (κ1) is 23.9.